The molecule has 3 nitrogen and oxygen atoms in total. The molecule has 0 aliphatic heterocycles. The number of rotatable bonds is 7. The molecule has 0 bridgehead atoms. The highest BCUT2D eigenvalue weighted by atomic mass is 16.8. The largest absolute Gasteiger partial charge is 0.441 e. The molecule has 3 heteroatoms. The minimum absolute atomic E-state index is 0.563. The zero-order chi connectivity index (χ0) is 12.7. The van der Waals surface area contributed by atoms with Crippen molar-refractivity contribution in [1.29, 1.82) is 0 Å². The summed E-state index contributed by atoms with van der Waals surface area (Å²) in [4.78, 5) is 0. The Morgan fingerprint density at radius 2 is 1.88 bits per heavy atom. The lowest BCUT2D eigenvalue weighted by atomic mass is 10.0. The van der Waals surface area contributed by atoms with Crippen LogP contribution in [0.25, 0.3) is 0 Å². The maximum atomic E-state index is 5.72. The second-order valence-corrected chi connectivity index (χ2v) is 3.70. The summed E-state index contributed by atoms with van der Waals surface area (Å²) in [6.07, 6.45) is 1.95. The number of hydrogen-bond donors (Lipinski definition) is 0. The molecule has 1 atom stereocenters. The van der Waals surface area contributed by atoms with Crippen molar-refractivity contribution in [1.82, 2.24) is 0 Å². The summed E-state index contributed by atoms with van der Waals surface area (Å²) in [5.41, 5.74) is 2.55. The molecule has 0 amide bonds. The predicted molar refractivity (Wildman–Crippen MR) is 68.2 cm³/mol. The number of hydrogen-bond acceptors (Lipinski definition) is 3. The van der Waals surface area contributed by atoms with Gasteiger partial charge in [-0.1, -0.05) is 26.0 Å². The maximum absolute atomic E-state index is 5.72. The zero-order valence-electron chi connectivity index (χ0n) is 11.2. The third kappa shape index (κ3) is 3.72. The predicted octanol–water partition coefficient (Wildman–Crippen LogP) is 3.16. The molecule has 0 aromatic heterocycles. The second kappa shape index (κ2) is 7.30. The highest BCUT2D eigenvalue weighted by Crippen LogP contribution is 2.24. The van der Waals surface area contributed by atoms with Crippen LogP contribution in [-0.2, 0) is 22.3 Å². The van der Waals surface area contributed by atoms with Crippen LogP contribution in [0.4, 0.5) is 0 Å². The van der Waals surface area contributed by atoms with Crippen LogP contribution in [0.15, 0.2) is 18.2 Å². The van der Waals surface area contributed by atoms with Gasteiger partial charge in [-0.15, -0.1) is 0 Å². The Morgan fingerprint density at radius 1 is 1.12 bits per heavy atom. The topological polar surface area (TPSA) is 27.7 Å². The first-order chi connectivity index (χ1) is 8.26. The fraction of sp³-hybridized carbons (Fsp3) is 0.571. The lowest BCUT2D eigenvalue weighted by Gasteiger charge is -2.19. The summed E-state index contributed by atoms with van der Waals surface area (Å²) in [6, 6.07) is 6.10. The molecule has 1 rings (SSSR count). The normalized spacial score (nSPS) is 12.5. The average molecular weight is 238 g/mol. The summed E-state index contributed by atoms with van der Waals surface area (Å²) >= 11 is 0. The van der Waals surface area contributed by atoms with E-state index in [-0.39, 0.29) is 0 Å². The molecule has 0 fully saturated rings. The molecule has 0 spiro atoms. The fourth-order valence-corrected chi connectivity index (χ4v) is 1.84. The van der Waals surface area contributed by atoms with E-state index in [2.05, 4.69) is 19.9 Å². The van der Waals surface area contributed by atoms with Gasteiger partial charge in [0.25, 0.3) is 0 Å². The Kier molecular flexibility index (Phi) is 6.01. The molecule has 0 saturated heterocycles. The van der Waals surface area contributed by atoms with E-state index in [0.717, 1.165) is 18.6 Å². The Bertz CT molecular complexity index is 336. The third-order valence-corrected chi connectivity index (χ3v) is 2.68. The minimum Gasteiger partial charge on any atom is -0.441 e. The molecule has 0 saturated carbocycles. The summed E-state index contributed by atoms with van der Waals surface area (Å²) in [7, 11) is 1.58. The van der Waals surface area contributed by atoms with Crippen molar-refractivity contribution in [2.75, 3.05) is 13.7 Å². The molecular weight excluding hydrogens is 216 g/mol. The molecule has 1 unspecified atom stereocenters. The van der Waals surface area contributed by atoms with Crippen molar-refractivity contribution in [3.63, 3.8) is 0 Å². The lowest BCUT2D eigenvalue weighted by Crippen LogP contribution is -2.23. The molecule has 1 aromatic rings. The van der Waals surface area contributed by atoms with E-state index in [0.29, 0.717) is 6.61 Å². The summed E-state index contributed by atoms with van der Waals surface area (Å²) in [5, 5.41) is 0. The lowest BCUT2D eigenvalue weighted by molar-refractivity contribution is -0.231. The SMILES string of the molecule is CCOC(OC)Oc1cccc(CC)c1CC. The van der Waals surface area contributed by atoms with Crippen LogP contribution in [0.5, 0.6) is 5.75 Å². The monoisotopic (exact) mass is 238 g/mol. The van der Waals surface area contributed by atoms with Crippen LogP contribution in [-0.4, -0.2) is 20.2 Å². The Labute approximate surface area is 104 Å². The van der Waals surface area contributed by atoms with E-state index in [1.165, 1.54) is 11.1 Å². The molecule has 0 aliphatic carbocycles. The number of methoxy groups -OCH3 is 1. The first-order valence-corrected chi connectivity index (χ1v) is 6.18. The van der Waals surface area contributed by atoms with Crippen molar-refractivity contribution in [2.24, 2.45) is 0 Å². The van der Waals surface area contributed by atoms with Crippen LogP contribution in [0.1, 0.15) is 31.9 Å². The van der Waals surface area contributed by atoms with E-state index in [9.17, 15) is 0 Å². The van der Waals surface area contributed by atoms with Gasteiger partial charge in [0.15, 0.2) is 0 Å². The molecule has 17 heavy (non-hydrogen) atoms. The molecule has 0 aliphatic rings. The van der Waals surface area contributed by atoms with Gasteiger partial charge < -0.3 is 14.2 Å². The second-order valence-electron chi connectivity index (χ2n) is 3.70. The Hall–Kier alpha value is -1.06. The van der Waals surface area contributed by atoms with Crippen molar-refractivity contribution in [2.45, 2.75) is 40.1 Å². The molecule has 0 N–H and O–H groups in total. The van der Waals surface area contributed by atoms with Gasteiger partial charge in [0.2, 0.25) is 0 Å². The van der Waals surface area contributed by atoms with Crippen LogP contribution < -0.4 is 4.74 Å². The van der Waals surface area contributed by atoms with Crippen molar-refractivity contribution in [3.05, 3.63) is 29.3 Å². The van der Waals surface area contributed by atoms with Gasteiger partial charge in [0, 0.05) is 7.11 Å². The van der Waals surface area contributed by atoms with Crippen LogP contribution >= 0.6 is 0 Å². The van der Waals surface area contributed by atoms with E-state index in [1.807, 2.05) is 19.1 Å². The van der Waals surface area contributed by atoms with Crippen LogP contribution in [0.3, 0.4) is 0 Å². The maximum Gasteiger partial charge on any atom is 0.315 e. The van der Waals surface area contributed by atoms with Gasteiger partial charge in [-0.2, -0.15) is 0 Å². The van der Waals surface area contributed by atoms with E-state index < -0.39 is 6.48 Å². The number of ether oxygens (including phenoxy) is 3. The first-order valence-electron chi connectivity index (χ1n) is 6.18. The quantitative estimate of drug-likeness (QED) is 0.683. The first kappa shape index (κ1) is 14.0. The Balaban J connectivity index is 2.88. The smallest absolute Gasteiger partial charge is 0.315 e. The Morgan fingerprint density at radius 3 is 2.41 bits per heavy atom. The average Bonchev–Trinajstić information content (AvgIpc) is 2.37. The van der Waals surface area contributed by atoms with Crippen molar-refractivity contribution < 1.29 is 14.2 Å². The van der Waals surface area contributed by atoms with Crippen molar-refractivity contribution >= 4 is 0 Å². The zero-order valence-corrected chi connectivity index (χ0v) is 11.2. The standard InChI is InChI=1S/C14H22O3/c1-5-11-9-8-10-13(12(11)6-2)17-14(15-4)16-7-3/h8-10,14H,5-7H2,1-4H3. The van der Waals surface area contributed by atoms with Crippen LogP contribution in [0.2, 0.25) is 0 Å². The van der Waals surface area contributed by atoms with Gasteiger partial charge in [-0.3, -0.25) is 0 Å². The van der Waals surface area contributed by atoms with Gasteiger partial charge in [0.1, 0.15) is 5.75 Å². The van der Waals surface area contributed by atoms with Crippen molar-refractivity contribution in [3.8, 4) is 5.75 Å². The van der Waals surface area contributed by atoms with E-state index in [4.69, 9.17) is 14.2 Å². The molecule has 0 radical (unpaired) electrons. The third-order valence-electron chi connectivity index (χ3n) is 2.68. The molecular formula is C14H22O3. The highest BCUT2D eigenvalue weighted by molar-refractivity contribution is 5.40. The summed E-state index contributed by atoms with van der Waals surface area (Å²) in [5.74, 6) is 0.854. The summed E-state index contributed by atoms with van der Waals surface area (Å²) in [6.45, 7) is 6.13. The fourth-order valence-electron chi connectivity index (χ4n) is 1.84. The van der Waals surface area contributed by atoms with Gasteiger partial charge in [0.05, 0.1) is 6.61 Å². The van der Waals surface area contributed by atoms with Gasteiger partial charge in [-0.25, -0.2) is 0 Å². The number of benzene rings is 1. The number of aryl methyl sites for hydroxylation is 1. The highest BCUT2D eigenvalue weighted by Gasteiger charge is 2.12. The van der Waals surface area contributed by atoms with E-state index in [1.54, 1.807) is 7.11 Å². The van der Waals surface area contributed by atoms with Gasteiger partial charge >= 0.3 is 6.48 Å². The molecule has 0 heterocycles. The molecule has 96 valence electrons. The summed E-state index contributed by atoms with van der Waals surface area (Å²) < 4.78 is 16.2. The van der Waals surface area contributed by atoms with E-state index >= 15 is 0 Å². The molecule has 1 aromatic carbocycles. The van der Waals surface area contributed by atoms with Crippen LogP contribution in [0, 0.1) is 0 Å². The minimum atomic E-state index is -0.627. The van der Waals surface area contributed by atoms with Gasteiger partial charge in [-0.05, 0) is 37.0 Å².